The van der Waals surface area contributed by atoms with E-state index in [1.807, 2.05) is 19.0 Å². The fourth-order valence-electron chi connectivity index (χ4n) is 2.24. The summed E-state index contributed by atoms with van der Waals surface area (Å²) in [4.78, 5) is 14.2. The van der Waals surface area contributed by atoms with Crippen LogP contribution >= 0.6 is 24.0 Å². The molecule has 9 heteroatoms. The third kappa shape index (κ3) is 6.75. The van der Waals surface area contributed by atoms with Crippen LogP contribution in [-0.2, 0) is 10.0 Å². The monoisotopic (exact) mass is 411 g/mol. The Morgan fingerprint density at radius 1 is 1.20 bits per heavy atom. The number of halogens is 2. The van der Waals surface area contributed by atoms with Crippen LogP contribution in [0.1, 0.15) is 30.6 Å². The van der Waals surface area contributed by atoms with Gasteiger partial charge in [-0.3, -0.25) is 4.79 Å². The molecule has 0 heterocycles. The van der Waals surface area contributed by atoms with E-state index in [1.54, 1.807) is 13.8 Å². The topological polar surface area (TPSA) is 69.7 Å². The summed E-state index contributed by atoms with van der Waals surface area (Å²) < 4.78 is 26.6. The Bertz CT molecular complexity index is 663. The van der Waals surface area contributed by atoms with E-state index in [2.05, 4.69) is 5.32 Å². The van der Waals surface area contributed by atoms with E-state index < -0.39 is 10.0 Å². The van der Waals surface area contributed by atoms with Crippen molar-refractivity contribution in [3.05, 3.63) is 28.8 Å². The number of amides is 1. The molecule has 0 atom stereocenters. The first-order valence-corrected chi connectivity index (χ1v) is 9.78. The normalized spacial score (nSPS) is 11.5. The lowest BCUT2D eigenvalue weighted by Crippen LogP contribution is -2.31. The van der Waals surface area contributed by atoms with Gasteiger partial charge in [-0.25, -0.2) is 8.42 Å². The molecule has 25 heavy (non-hydrogen) atoms. The highest BCUT2D eigenvalue weighted by Crippen LogP contribution is 2.25. The Balaban J connectivity index is 0.00000576. The van der Waals surface area contributed by atoms with E-state index in [1.165, 1.54) is 22.5 Å². The number of benzene rings is 1. The molecule has 0 spiro atoms. The van der Waals surface area contributed by atoms with E-state index >= 15 is 0 Å². The van der Waals surface area contributed by atoms with Crippen LogP contribution in [0.2, 0.25) is 5.02 Å². The minimum atomic E-state index is -3.71. The lowest BCUT2D eigenvalue weighted by molar-refractivity contribution is 0.0952. The number of hydrogen-bond acceptors (Lipinski definition) is 4. The first-order chi connectivity index (χ1) is 11.2. The standard InChI is InChI=1S/C16H26ClN3O3S.ClH/c1-5-20(6-2)24(22,23)15-12-13(8-9-14(15)17)16(21)18-10-7-11-19(3)4;/h8-9,12H,5-7,10-11H2,1-4H3,(H,18,21);1H. The van der Waals surface area contributed by atoms with Crippen LogP contribution in [0, 0.1) is 0 Å². The van der Waals surface area contributed by atoms with Gasteiger partial charge in [0.05, 0.1) is 5.02 Å². The van der Waals surface area contributed by atoms with Gasteiger partial charge in [0.15, 0.2) is 0 Å². The molecule has 0 aliphatic rings. The summed E-state index contributed by atoms with van der Waals surface area (Å²) in [5, 5.41) is 2.91. The average molecular weight is 412 g/mol. The second kappa shape index (κ2) is 11.0. The summed E-state index contributed by atoms with van der Waals surface area (Å²) in [6.45, 7) is 5.60. The molecule has 1 aromatic rings. The zero-order valence-corrected chi connectivity index (χ0v) is 17.5. The van der Waals surface area contributed by atoms with Gasteiger partial charge < -0.3 is 10.2 Å². The van der Waals surface area contributed by atoms with Crippen LogP contribution < -0.4 is 5.32 Å². The number of nitrogens with zero attached hydrogens (tertiary/aromatic N) is 2. The molecule has 1 N–H and O–H groups in total. The minimum Gasteiger partial charge on any atom is -0.352 e. The number of carbonyl (C=O) groups is 1. The van der Waals surface area contributed by atoms with Crippen LogP contribution in [0.25, 0.3) is 0 Å². The Morgan fingerprint density at radius 3 is 2.32 bits per heavy atom. The molecule has 0 radical (unpaired) electrons. The molecule has 0 aromatic heterocycles. The fourth-order valence-corrected chi connectivity index (χ4v) is 4.20. The number of sulfonamides is 1. The van der Waals surface area contributed by atoms with Gasteiger partial charge in [0.2, 0.25) is 10.0 Å². The maximum Gasteiger partial charge on any atom is 0.251 e. The van der Waals surface area contributed by atoms with Gasteiger partial charge >= 0.3 is 0 Å². The van der Waals surface area contributed by atoms with Crippen molar-refractivity contribution in [1.29, 1.82) is 0 Å². The van der Waals surface area contributed by atoms with E-state index in [4.69, 9.17) is 11.6 Å². The molecule has 1 rings (SSSR count). The van der Waals surface area contributed by atoms with Crippen LogP contribution in [0.3, 0.4) is 0 Å². The molecule has 0 unspecified atom stereocenters. The second-order valence-corrected chi connectivity index (χ2v) is 7.96. The number of carbonyl (C=O) groups excluding carboxylic acids is 1. The largest absolute Gasteiger partial charge is 0.352 e. The van der Waals surface area contributed by atoms with Gasteiger partial charge in [-0.2, -0.15) is 4.31 Å². The predicted molar refractivity (Wildman–Crippen MR) is 104 cm³/mol. The maximum absolute atomic E-state index is 12.6. The quantitative estimate of drug-likeness (QED) is 0.633. The fraction of sp³-hybridized carbons (Fsp3) is 0.562. The SMILES string of the molecule is CCN(CC)S(=O)(=O)c1cc(C(=O)NCCCN(C)C)ccc1Cl.Cl. The molecular formula is C16H27Cl2N3O3S. The minimum absolute atomic E-state index is 0. The molecule has 0 saturated carbocycles. The zero-order chi connectivity index (χ0) is 18.3. The van der Waals surface area contributed by atoms with E-state index in [0.717, 1.165) is 13.0 Å². The first-order valence-electron chi connectivity index (χ1n) is 7.96. The summed E-state index contributed by atoms with van der Waals surface area (Å²) >= 11 is 6.06. The Hall–Kier alpha value is -0.860. The molecule has 0 saturated heterocycles. The van der Waals surface area contributed by atoms with E-state index in [9.17, 15) is 13.2 Å². The molecule has 1 aromatic carbocycles. The van der Waals surface area contributed by atoms with Crippen molar-refractivity contribution < 1.29 is 13.2 Å². The van der Waals surface area contributed by atoms with Gasteiger partial charge in [0, 0.05) is 25.2 Å². The average Bonchev–Trinajstić information content (AvgIpc) is 2.52. The maximum atomic E-state index is 12.6. The van der Waals surface area contributed by atoms with Crippen molar-refractivity contribution >= 4 is 39.9 Å². The highest BCUT2D eigenvalue weighted by atomic mass is 35.5. The second-order valence-electron chi connectivity index (χ2n) is 5.65. The molecule has 6 nitrogen and oxygen atoms in total. The third-order valence-corrected chi connectivity index (χ3v) is 6.12. The summed E-state index contributed by atoms with van der Waals surface area (Å²) in [7, 11) is 0.218. The molecule has 0 aliphatic carbocycles. The highest BCUT2D eigenvalue weighted by Gasteiger charge is 2.25. The van der Waals surface area contributed by atoms with Crippen molar-refractivity contribution in [1.82, 2.24) is 14.5 Å². The molecule has 0 aliphatic heterocycles. The van der Waals surface area contributed by atoms with Crippen LogP contribution in [-0.4, -0.2) is 63.8 Å². The van der Waals surface area contributed by atoms with Crippen molar-refractivity contribution in [3.63, 3.8) is 0 Å². The lowest BCUT2D eigenvalue weighted by Gasteiger charge is -2.19. The number of rotatable bonds is 9. The summed E-state index contributed by atoms with van der Waals surface area (Å²) in [6, 6.07) is 4.33. The van der Waals surface area contributed by atoms with Crippen molar-refractivity contribution in [2.75, 3.05) is 40.3 Å². The third-order valence-electron chi connectivity index (χ3n) is 3.58. The molecular weight excluding hydrogens is 385 g/mol. The molecule has 0 fully saturated rings. The van der Waals surface area contributed by atoms with Gasteiger partial charge in [-0.1, -0.05) is 25.4 Å². The van der Waals surface area contributed by atoms with E-state index in [-0.39, 0.29) is 33.8 Å². The summed E-state index contributed by atoms with van der Waals surface area (Å²) in [5.74, 6) is -0.304. The highest BCUT2D eigenvalue weighted by molar-refractivity contribution is 7.89. The molecule has 144 valence electrons. The zero-order valence-electron chi connectivity index (χ0n) is 15.1. The van der Waals surface area contributed by atoms with Gasteiger partial charge in [-0.05, 0) is 45.3 Å². The Labute approximate surface area is 162 Å². The summed E-state index contributed by atoms with van der Waals surface area (Å²) in [6.07, 6.45) is 0.816. The number of hydrogen-bond donors (Lipinski definition) is 1. The van der Waals surface area contributed by atoms with Crippen molar-refractivity contribution in [2.45, 2.75) is 25.2 Å². The smallest absolute Gasteiger partial charge is 0.251 e. The Kier molecular flexibility index (Phi) is 10.6. The van der Waals surface area contributed by atoms with Gasteiger partial charge in [0.1, 0.15) is 4.90 Å². The van der Waals surface area contributed by atoms with Crippen LogP contribution in [0.4, 0.5) is 0 Å². The lowest BCUT2D eigenvalue weighted by atomic mass is 10.2. The van der Waals surface area contributed by atoms with Gasteiger partial charge in [-0.15, -0.1) is 12.4 Å². The van der Waals surface area contributed by atoms with Crippen LogP contribution in [0.5, 0.6) is 0 Å². The predicted octanol–water partition coefficient (Wildman–Crippen LogP) is 2.47. The Morgan fingerprint density at radius 2 is 1.80 bits per heavy atom. The van der Waals surface area contributed by atoms with E-state index in [0.29, 0.717) is 19.6 Å². The number of nitrogens with one attached hydrogen (secondary N) is 1. The first kappa shape index (κ1) is 24.1. The van der Waals surface area contributed by atoms with Gasteiger partial charge in [0.25, 0.3) is 5.91 Å². The van der Waals surface area contributed by atoms with Crippen LogP contribution in [0.15, 0.2) is 23.1 Å². The molecule has 0 bridgehead atoms. The van der Waals surface area contributed by atoms with Crippen molar-refractivity contribution in [3.8, 4) is 0 Å². The molecule has 1 amide bonds. The van der Waals surface area contributed by atoms with Crippen molar-refractivity contribution in [2.24, 2.45) is 0 Å². The summed E-state index contributed by atoms with van der Waals surface area (Å²) in [5.41, 5.74) is 0.287.